The van der Waals surface area contributed by atoms with Crippen LogP contribution in [0.3, 0.4) is 0 Å². The van der Waals surface area contributed by atoms with E-state index in [-0.39, 0.29) is 6.61 Å². The Kier molecular flexibility index (Phi) is 2.96. The highest BCUT2D eigenvalue weighted by atomic mass is 31.2. The maximum absolute atomic E-state index is 10.7. The second kappa shape index (κ2) is 4.77. The molecular formula is C17H11O4P-2. The lowest BCUT2D eigenvalue weighted by Crippen LogP contribution is -2.16. The molecule has 4 rings (SSSR count). The molecule has 0 unspecified atom stereocenters. The fraction of sp³-hybridized carbons (Fsp3) is 0.0588. The number of phosphoric ester groups is 1. The molecule has 4 nitrogen and oxygen atoms in total. The second-order valence-electron chi connectivity index (χ2n) is 5.30. The van der Waals surface area contributed by atoms with Crippen molar-refractivity contribution in [3.8, 4) is 0 Å². The van der Waals surface area contributed by atoms with E-state index in [1.54, 1.807) is 6.07 Å². The molecule has 0 atom stereocenters. The Balaban J connectivity index is 2.02. The van der Waals surface area contributed by atoms with Gasteiger partial charge in [0.15, 0.2) is 0 Å². The summed E-state index contributed by atoms with van der Waals surface area (Å²) in [7, 11) is -4.98. The van der Waals surface area contributed by atoms with Gasteiger partial charge >= 0.3 is 0 Å². The van der Waals surface area contributed by atoms with E-state index in [2.05, 4.69) is 10.6 Å². The van der Waals surface area contributed by atoms with Gasteiger partial charge in [-0.1, -0.05) is 54.6 Å². The monoisotopic (exact) mass is 310 g/mol. The third-order valence-corrected chi connectivity index (χ3v) is 4.44. The Morgan fingerprint density at radius 1 is 0.818 bits per heavy atom. The molecular weight excluding hydrogens is 299 g/mol. The zero-order valence-corrected chi connectivity index (χ0v) is 12.4. The Bertz CT molecular complexity index is 1020. The van der Waals surface area contributed by atoms with Crippen molar-refractivity contribution < 1.29 is 18.9 Å². The minimum absolute atomic E-state index is 0.238. The average Bonchev–Trinajstić information content (AvgIpc) is 2.50. The fourth-order valence-electron chi connectivity index (χ4n) is 3.07. The van der Waals surface area contributed by atoms with Crippen LogP contribution in [0, 0.1) is 0 Å². The first-order valence-corrected chi connectivity index (χ1v) is 8.31. The van der Waals surface area contributed by atoms with E-state index in [1.165, 1.54) is 0 Å². The van der Waals surface area contributed by atoms with E-state index in [1.807, 2.05) is 42.5 Å². The normalized spacial score (nSPS) is 12.6. The molecule has 0 heterocycles. The molecule has 4 aromatic carbocycles. The predicted molar refractivity (Wildman–Crippen MR) is 82.5 cm³/mol. The minimum Gasteiger partial charge on any atom is -0.790 e. The van der Waals surface area contributed by atoms with Crippen molar-refractivity contribution >= 4 is 40.1 Å². The van der Waals surface area contributed by atoms with Crippen LogP contribution in [-0.2, 0) is 15.7 Å². The Labute approximate surface area is 126 Å². The van der Waals surface area contributed by atoms with Crippen molar-refractivity contribution in [3.05, 3.63) is 60.2 Å². The number of benzene rings is 4. The largest absolute Gasteiger partial charge is 0.790 e. The number of hydrogen-bond donors (Lipinski definition) is 0. The van der Waals surface area contributed by atoms with E-state index in [0.717, 1.165) is 32.3 Å². The van der Waals surface area contributed by atoms with Gasteiger partial charge in [0.05, 0.1) is 14.4 Å². The first kappa shape index (κ1) is 13.7. The predicted octanol–water partition coefficient (Wildman–Crippen LogP) is 2.93. The van der Waals surface area contributed by atoms with Gasteiger partial charge < -0.3 is 18.9 Å². The van der Waals surface area contributed by atoms with Gasteiger partial charge in [0, 0.05) is 0 Å². The molecule has 0 amide bonds. The van der Waals surface area contributed by atoms with Crippen LogP contribution in [0.1, 0.15) is 5.56 Å². The SMILES string of the molecule is O=P([O-])([O-])OCc1ccc2ccc3cccc4ccc1c2c34. The van der Waals surface area contributed by atoms with Crippen molar-refractivity contribution in [2.45, 2.75) is 6.61 Å². The minimum atomic E-state index is -4.98. The highest BCUT2D eigenvalue weighted by Crippen LogP contribution is 2.37. The van der Waals surface area contributed by atoms with Gasteiger partial charge in [-0.25, -0.2) is 0 Å². The van der Waals surface area contributed by atoms with E-state index < -0.39 is 7.82 Å². The summed E-state index contributed by atoms with van der Waals surface area (Å²) < 4.78 is 15.2. The summed E-state index contributed by atoms with van der Waals surface area (Å²) in [6.07, 6.45) is 0. The zero-order chi connectivity index (χ0) is 15.3. The van der Waals surface area contributed by atoms with Gasteiger partial charge in [-0.05, 0) is 37.9 Å². The Morgan fingerprint density at radius 3 is 2.09 bits per heavy atom. The molecule has 4 aromatic rings. The highest BCUT2D eigenvalue weighted by molar-refractivity contribution is 7.43. The van der Waals surface area contributed by atoms with Crippen LogP contribution < -0.4 is 9.79 Å². The summed E-state index contributed by atoms with van der Waals surface area (Å²) in [6, 6.07) is 17.9. The molecule has 0 N–H and O–H groups in total. The zero-order valence-electron chi connectivity index (χ0n) is 11.5. The van der Waals surface area contributed by atoms with Crippen molar-refractivity contribution in [2.75, 3.05) is 0 Å². The Morgan fingerprint density at radius 2 is 1.41 bits per heavy atom. The van der Waals surface area contributed by atoms with Crippen molar-refractivity contribution in [3.63, 3.8) is 0 Å². The first-order valence-electron chi connectivity index (χ1n) is 6.85. The third-order valence-electron chi connectivity index (χ3n) is 4.00. The molecule has 5 heteroatoms. The molecule has 0 saturated heterocycles. The lowest BCUT2D eigenvalue weighted by atomic mass is 9.92. The van der Waals surface area contributed by atoms with Gasteiger partial charge in [-0.2, -0.15) is 0 Å². The summed E-state index contributed by atoms with van der Waals surface area (Å²) in [5.74, 6) is 0. The molecule has 0 bridgehead atoms. The molecule has 110 valence electrons. The molecule has 22 heavy (non-hydrogen) atoms. The average molecular weight is 310 g/mol. The van der Waals surface area contributed by atoms with E-state index >= 15 is 0 Å². The molecule has 0 radical (unpaired) electrons. The summed E-state index contributed by atoms with van der Waals surface area (Å²) in [5.41, 5.74) is 0.692. The highest BCUT2D eigenvalue weighted by Gasteiger charge is 2.10. The van der Waals surface area contributed by atoms with Gasteiger partial charge in [-0.15, -0.1) is 0 Å². The molecule has 0 aliphatic heterocycles. The quantitative estimate of drug-likeness (QED) is 0.431. The number of hydrogen-bond acceptors (Lipinski definition) is 4. The van der Waals surface area contributed by atoms with Gasteiger partial charge in [0.25, 0.3) is 0 Å². The van der Waals surface area contributed by atoms with E-state index in [9.17, 15) is 14.4 Å². The first-order chi connectivity index (χ1) is 10.5. The Hall–Kier alpha value is -1.97. The molecule has 0 aliphatic rings. The molecule has 0 spiro atoms. The van der Waals surface area contributed by atoms with Gasteiger partial charge in [0.2, 0.25) is 0 Å². The molecule has 0 aromatic heterocycles. The number of rotatable bonds is 3. The summed E-state index contributed by atoms with van der Waals surface area (Å²) in [5, 5.41) is 6.47. The summed E-state index contributed by atoms with van der Waals surface area (Å²) >= 11 is 0. The van der Waals surface area contributed by atoms with Crippen molar-refractivity contribution in [2.24, 2.45) is 0 Å². The van der Waals surface area contributed by atoms with Crippen molar-refractivity contribution in [1.82, 2.24) is 0 Å². The number of phosphoric acid groups is 1. The van der Waals surface area contributed by atoms with Crippen molar-refractivity contribution in [1.29, 1.82) is 0 Å². The topological polar surface area (TPSA) is 72.4 Å². The maximum Gasteiger partial charge on any atom is 0.0775 e. The lowest BCUT2D eigenvalue weighted by molar-refractivity contribution is -0.342. The smallest absolute Gasteiger partial charge is 0.0775 e. The van der Waals surface area contributed by atoms with Crippen LogP contribution in [-0.4, -0.2) is 0 Å². The second-order valence-corrected chi connectivity index (χ2v) is 6.45. The lowest BCUT2D eigenvalue weighted by Gasteiger charge is -2.28. The van der Waals surface area contributed by atoms with E-state index in [4.69, 9.17) is 0 Å². The van der Waals surface area contributed by atoms with Crippen LogP contribution in [0.4, 0.5) is 0 Å². The van der Waals surface area contributed by atoms with Crippen LogP contribution in [0.15, 0.2) is 54.6 Å². The molecule has 0 fully saturated rings. The third kappa shape index (κ3) is 2.18. The van der Waals surface area contributed by atoms with Gasteiger partial charge in [0.1, 0.15) is 0 Å². The van der Waals surface area contributed by atoms with E-state index in [0.29, 0.717) is 5.56 Å². The molecule has 0 saturated carbocycles. The van der Waals surface area contributed by atoms with Crippen LogP contribution in [0.25, 0.3) is 32.3 Å². The van der Waals surface area contributed by atoms with Gasteiger partial charge in [-0.3, -0.25) is 0 Å². The fourth-order valence-corrected chi connectivity index (χ4v) is 3.37. The summed E-state index contributed by atoms with van der Waals surface area (Å²) in [6.45, 7) is -0.238. The maximum atomic E-state index is 10.7. The van der Waals surface area contributed by atoms with Crippen LogP contribution in [0.2, 0.25) is 0 Å². The standard InChI is InChI=1S/C17H13O4P/c18-22(19,20)21-10-14-7-6-13-5-4-11-2-1-3-12-8-9-15(14)17(13)16(11)12/h1-9H,10H2,(H2,18,19,20)/p-2. The molecule has 0 aliphatic carbocycles. The van der Waals surface area contributed by atoms with Crippen LogP contribution in [0.5, 0.6) is 0 Å². The summed E-state index contributed by atoms with van der Waals surface area (Å²) in [4.78, 5) is 21.4. The van der Waals surface area contributed by atoms with Crippen LogP contribution >= 0.6 is 7.82 Å².